The summed E-state index contributed by atoms with van der Waals surface area (Å²) in [7, 11) is 0. The molecule has 0 radical (unpaired) electrons. The summed E-state index contributed by atoms with van der Waals surface area (Å²) in [6.45, 7) is 3.26. The molecule has 0 atom stereocenters. The molecule has 3 amide bonds. The summed E-state index contributed by atoms with van der Waals surface area (Å²) in [6, 6.07) is 12.5. The minimum absolute atomic E-state index is 0.0993. The molecular weight excluding hydrogens is 398 g/mol. The van der Waals surface area contributed by atoms with Gasteiger partial charge in [-0.25, -0.2) is 0 Å². The summed E-state index contributed by atoms with van der Waals surface area (Å²) in [5, 5.41) is 7.99. The van der Waals surface area contributed by atoms with Crippen molar-refractivity contribution in [2.45, 2.75) is 20.3 Å². The maximum Gasteiger partial charge on any atom is 0.243 e. The topological polar surface area (TPSA) is 87.3 Å². The second-order valence-electron chi connectivity index (χ2n) is 5.84. The van der Waals surface area contributed by atoms with Gasteiger partial charge in [-0.3, -0.25) is 14.4 Å². The van der Waals surface area contributed by atoms with Gasteiger partial charge in [0.05, 0.1) is 13.0 Å². The van der Waals surface area contributed by atoms with Crippen LogP contribution >= 0.6 is 15.9 Å². The fraction of sp³-hybridized carbons (Fsp3) is 0.211. The van der Waals surface area contributed by atoms with Gasteiger partial charge in [-0.05, 0) is 48.4 Å². The molecule has 0 saturated carbocycles. The number of anilines is 2. The average molecular weight is 418 g/mol. The van der Waals surface area contributed by atoms with Crippen molar-refractivity contribution >= 4 is 45.0 Å². The van der Waals surface area contributed by atoms with E-state index >= 15 is 0 Å². The minimum Gasteiger partial charge on any atom is -0.347 e. The molecule has 0 aliphatic rings. The van der Waals surface area contributed by atoms with E-state index in [0.717, 1.165) is 15.6 Å². The highest BCUT2D eigenvalue weighted by Crippen LogP contribution is 2.19. The van der Waals surface area contributed by atoms with E-state index in [4.69, 9.17) is 0 Å². The lowest BCUT2D eigenvalue weighted by Crippen LogP contribution is -2.33. The van der Waals surface area contributed by atoms with Crippen molar-refractivity contribution in [2.75, 3.05) is 17.2 Å². The molecule has 0 heterocycles. The van der Waals surface area contributed by atoms with Crippen LogP contribution in [0.25, 0.3) is 0 Å². The number of nitrogens with one attached hydrogen (secondary N) is 3. The third kappa shape index (κ3) is 6.33. The summed E-state index contributed by atoms with van der Waals surface area (Å²) in [5.74, 6) is -0.692. The third-order valence-electron chi connectivity index (χ3n) is 3.53. The van der Waals surface area contributed by atoms with Crippen molar-refractivity contribution in [1.29, 1.82) is 0 Å². The molecule has 6 nitrogen and oxygen atoms in total. The van der Waals surface area contributed by atoms with Crippen molar-refractivity contribution in [3.8, 4) is 0 Å². The molecule has 7 heteroatoms. The molecule has 0 fully saturated rings. The Bertz CT molecular complexity index is 819. The number of carbonyl (C=O) groups is 3. The van der Waals surface area contributed by atoms with E-state index in [-0.39, 0.29) is 30.7 Å². The first-order valence-electron chi connectivity index (χ1n) is 8.02. The Morgan fingerprint density at radius 3 is 2.19 bits per heavy atom. The Balaban J connectivity index is 1.79. The predicted molar refractivity (Wildman–Crippen MR) is 105 cm³/mol. The van der Waals surface area contributed by atoms with Crippen LogP contribution in [-0.2, 0) is 20.8 Å². The molecule has 0 spiro atoms. The molecule has 2 aromatic rings. The lowest BCUT2D eigenvalue weighted by atomic mass is 10.1. The van der Waals surface area contributed by atoms with E-state index in [0.29, 0.717) is 11.4 Å². The van der Waals surface area contributed by atoms with Crippen molar-refractivity contribution in [3.63, 3.8) is 0 Å². The molecule has 2 aromatic carbocycles. The van der Waals surface area contributed by atoms with Gasteiger partial charge in [0.1, 0.15) is 0 Å². The second-order valence-corrected chi connectivity index (χ2v) is 6.70. The van der Waals surface area contributed by atoms with Gasteiger partial charge in [-0.15, -0.1) is 0 Å². The lowest BCUT2D eigenvalue weighted by Gasteiger charge is -2.09. The summed E-state index contributed by atoms with van der Waals surface area (Å²) >= 11 is 3.40. The normalized spacial score (nSPS) is 10.1. The number of amides is 3. The summed E-state index contributed by atoms with van der Waals surface area (Å²) in [5.41, 5.74) is 3.15. The van der Waals surface area contributed by atoms with E-state index in [1.54, 1.807) is 30.3 Å². The van der Waals surface area contributed by atoms with E-state index in [1.165, 1.54) is 6.92 Å². The highest BCUT2D eigenvalue weighted by molar-refractivity contribution is 9.10. The number of carbonyl (C=O) groups excluding carboxylic acids is 3. The SMILES string of the molecule is CC(=O)Nc1ccc(CC(=O)NCC(=O)Nc2ccc(Br)c(C)c2)cc1. The molecule has 0 aliphatic carbocycles. The Morgan fingerprint density at radius 2 is 1.58 bits per heavy atom. The molecule has 0 aromatic heterocycles. The Morgan fingerprint density at radius 1 is 0.923 bits per heavy atom. The zero-order valence-electron chi connectivity index (χ0n) is 14.6. The van der Waals surface area contributed by atoms with Crippen molar-refractivity contribution < 1.29 is 14.4 Å². The maximum atomic E-state index is 12.0. The van der Waals surface area contributed by atoms with Gasteiger partial charge < -0.3 is 16.0 Å². The van der Waals surface area contributed by atoms with Gasteiger partial charge in [0, 0.05) is 22.8 Å². The van der Waals surface area contributed by atoms with Crippen LogP contribution in [0.3, 0.4) is 0 Å². The van der Waals surface area contributed by atoms with Gasteiger partial charge in [0.2, 0.25) is 17.7 Å². The Hall–Kier alpha value is -2.67. The Labute approximate surface area is 160 Å². The first kappa shape index (κ1) is 19.7. The molecule has 136 valence electrons. The van der Waals surface area contributed by atoms with Crippen LogP contribution in [0.15, 0.2) is 46.9 Å². The quantitative estimate of drug-likeness (QED) is 0.674. The van der Waals surface area contributed by atoms with Crippen LogP contribution in [0.5, 0.6) is 0 Å². The van der Waals surface area contributed by atoms with Crippen LogP contribution in [-0.4, -0.2) is 24.3 Å². The van der Waals surface area contributed by atoms with E-state index < -0.39 is 0 Å². The zero-order valence-corrected chi connectivity index (χ0v) is 16.1. The zero-order chi connectivity index (χ0) is 19.1. The lowest BCUT2D eigenvalue weighted by molar-refractivity contribution is -0.123. The standard InChI is InChI=1S/C19H20BrN3O3/c1-12-9-16(7-8-17(12)20)23-19(26)11-21-18(25)10-14-3-5-15(6-4-14)22-13(2)24/h3-9H,10-11H2,1-2H3,(H,21,25)(H,22,24)(H,23,26). The van der Waals surface area contributed by atoms with Crippen molar-refractivity contribution in [3.05, 3.63) is 58.1 Å². The number of rotatable bonds is 6. The van der Waals surface area contributed by atoms with E-state index in [2.05, 4.69) is 31.9 Å². The first-order valence-corrected chi connectivity index (χ1v) is 8.82. The van der Waals surface area contributed by atoms with Gasteiger partial charge in [-0.1, -0.05) is 28.1 Å². The average Bonchev–Trinajstić information content (AvgIpc) is 2.58. The maximum absolute atomic E-state index is 12.0. The summed E-state index contributed by atoms with van der Waals surface area (Å²) < 4.78 is 0.966. The van der Waals surface area contributed by atoms with Crippen LogP contribution in [0.2, 0.25) is 0 Å². The van der Waals surface area contributed by atoms with Gasteiger partial charge in [0.25, 0.3) is 0 Å². The largest absolute Gasteiger partial charge is 0.347 e. The molecule has 3 N–H and O–H groups in total. The fourth-order valence-electron chi connectivity index (χ4n) is 2.26. The number of hydrogen-bond donors (Lipinski definition) is 3. The highest BCUT2D eigenvalue weighted by atomic mass is 79.9. The molecule has 2 rings (SSSR count). The molecule has 0 unspecified atom stereocenters. The van der Waals surface area contributed by atoms with Gasteiger partial charge >= 0.3 is 0 Å². The van der Waals surface area contributed by atoms with Gasteiger partial charge in [-0.2, -0.15) is 0 Å². The van der Waals surface area contributed by atoms with Crippen molar-refractivity contribution in [1.82, 2.24) is 5.32 Å². The first-order chi connectivity index (χ1) is 12.3. The Kier molecular flexibility index (Phi) is 6.91. The van der Waals surface area contributed by atoms with Gasteiger partial charge in [0.15, 0.2) is 0 Å². The molecule has 0 saturated heterocycles. The van der Waals surface area contributed by atoms with Crippen LogP contribution < -0.4 is 16.0 Å². The fourth-order valence-corrected chi connectivity index (χ4v) is 2.51. The van der Waals surface area contributed by atoms with Crippen molar-refractivity contribution in [2.24, 2.45) is 0 Å². The minimum atomic E-state index is -0.291. The van der Waals surface area contributed by atoms with E-state index in [1.807, 2.05) is 19.1 Å². The summed E-state index contributed by atoms with van der Waals surface area (Å²) in [6.07, 6.45) is 0.158. The molecular formula is C19H20BrN3O3. The summed E-state index contributed by atoms with van der Waals surface area (Å²) in [4.78, 5) is 34.9. The van der Waals surface area contributed by atoms with Crippen LogP contribution in [0, 0.1) is 6.92 Å². The smallest absolute Gasteiger partial charge is 0.243 e. The molecule has 0 bridgehead atoms. The van der Waals surface area contributed by atoms with Crippen LogP contribution in [0.4, 0.5) is 11.4 Å². The number of benzene rings is 2. The van der Waals surface area contributed by atoms with Crippen LogP contribution in [0.1, 0.15) is 18.1 Å². The third-order valence-corrected chi connectivity index (χ3v) is 4.42. The second kappa shape index (κ2) is 9.15. The number of halogens is 1. The molecule has 26 heavy (non-hydrogen) atoms. The number of aryl methyl sites for hydroxylation is 1. The van der Waals surface area contributed by atoms with E-state index in [9.17, 15) is 14.4 Å². The predicted octanol–water partition coefficient (Wildman–Crippen LogP) is 3.01. The highest BCUT2D eigenvalue weighted by Gasteiger charge is 2.08. The molecule has 0 aliphatic heterocycles. The monoisotopic (exact) mass is 417 g/mol. The number of hydrogen-bond acceptors (Lipinski definition) is 3.